The standard InChI is InChI=1S/C3HF6NO2/c4-2(5,6)1(11,10-12)3(7,8)9/h11H. The number of hydrogen-bond donors (Lipinski definition) is 1. The van der Waals surface area contributed by atoms with E-state index in [2.05, 4.69) is 0 Å². The van der Waals surface area contributed by atoms with E-state index in [1.807, 2.05) is 0 Å². The van der Waals surface area contributed by atoms with Gasteiger partial charge in [0, 0.05) is 0 Å². The van der Waals surface area contributed by atoms with Gasteiger partial charge in [0.05, 0.1) is 0 Å². The third-order valence-electron chi connectivity index (χ3n) is 0.923. The molecule has 9 heteroatoms. The number of nitrogens with zero attached hydrogens (tertiary/aromatic N) is 1. The molecular weight excluding hydrogens is 196 g/mol. The molecule has 0 bridgehead atoms. The van der Waals surface area contributed by atoms with Crippen LogP contribution in [-0.2, 0) is 0 Å². The van der Waals surface area contributed by atoms with E-state index in [0.717, 1.165) is 0 Å². The molecule has 0 radical (unpaired) electrons. The Labute approximate surface area is 61.0 Å². The topological polar surface area (TPSA) is 49.7 Å². The Morgan fingerprint density at radius 1 is 0.917 bits per heavy atom. The smallest absolute Gasteiger partial charge is 0.353 e. The first-order valence-electron chi connectivity index (χ1n) is 2.26. The Kier molecular flexibility index (Phi) is 2.39. The number of hydrogen-bond acceptors (Lipinski definition) is 3. The lowest BCUT2D eigenvalue weighted by atomic mass is 10.2. The van der Waals surface area contributed by atoms with Crippen LogP contribution >= 0.6 is 0 Å². The van der Waals surface area contributed by atoms with Crippen molar-refractivity contribution in [3.8, 4) is 0 Å². The highest BCUT2D eigenvalue weighted by Gasteiger charge is 2.73. The van der Waals surface area contributed by atoms with Crippen LogP contribution in [0.5, 0.6) is 0 Å². The molecule has 72 valence electrons. The van der Waals surface area contributed by atoms with Gasteiger partial charge >= 0.3 is 18.1 Å². The number of nitroso groups, excluding NO2 is 1. The lowest BCUT2D eigenvalue weighted by molar-refractivity contribution is -0.365. The summed E-state index contributed by atoms with van der Waals surface area (Å²) in [5.41, 5.74) is -5.51. The molecule has 0 atom stereocenters. The van der Waals surface area contributed by atoms with E-state index < -0.39 is 18.1 Å². The molecule has 0 fully saturated rings. The van der Waals surface area contributed by atoms with E-state index in [1.165, 1.54) is 0 Å². The molecule has 0 saturated heterocycles. The van der Waals surface area contributed by atoms with Crippen LogP contribution < -0.4 is 0 Å². The van der Waals surface area contributed by atoms with Gasteiger partial charge in [-0.25, -0.2) is 0 Å². The Hall–Kier alpha value is -0.860. The lowest BCUT2D eigenvalue weighted by Gasteiger charge is -2.24. The minimum atomic E-state index is -6.16. The molecule has 12 heavy (non-hydrogen) atoms. The summed E-state index contributed by atoms with van der Waals surface area (Å²) in [4.78, 5) is 9.18. The van der Waals surface area contributed by atoms with Crippen LogP contribution in [0, 0.1) is 4.91 Å². The zero-order valence-corrected chi connectivity index (χ0v) is 5.07. The normalized spacial score (nSPS) is 14.6. The second-order valence-electron chi connectivity index (χ2n) is 1.76. The SMILES string of the molecule is O=NC(O)(C(F)(F)F)C(F)(F)F. The first kappa shape index (κ1) is 11.1. The van der Waals surface area contributed by atoms with Crippen molar-refractivity contribution >= 4 is 0 Å². The second-order valence-corrected chi connectivity index (χ2v) is 1.76. The van der Waals surface area contributed by atoms with E-state index in [9.17, 15) is 31.2 Å². The van der Waals surface area contributed by atoms with Crippen molar-refractivity contribution in [1.82, 2.24) is 0 Å². The summed E-state index contributed by atoms with van der Waals surface area (Å²) in [6.45, 7) is 0. The Bertz CT molecular complexity index is 168. The molecule has 0 spiro atoms. The van der Waals surface area contributed by atoms with E-state index in [1.54, 1.807) is 0 Å². The third kappa shape index (κ3) is 1.49. The summed E-state index contributed by atoms with van der Waals surface area (Å²) in [5, 5.41) is 8.38. The maximum Gasteiger partial charge on any atom is 0.451 e. The Morgan fingerprint density at radius 2 is 1.17 bits per heavy atom. The van der Waals surface area contributed by atoms with Crippen molar-refractivity contribution < 1.29 is 31.4 Å². The summed E-state index contributed by atoms with van der Waals surface area (Å²) >= 11 is 0. The minimum absolute atomic E-state index is 0.618. The molecule has 0 unspecified atom stereocenters. The molecular formula is C3HF6NO2. The first-order chi connectivity index (χ1) is 5.06. The van der Waals surface area contributed by atoms with E-state index in [4.69, 9.17) is 5.11 Å². The number of aliphatic hydroxyl groups is 1. The minimum Gasteiger partial charge on any atom is -0.353 e. The number of halogens is 6. The number of alkyl halides is 6. The van der Waals surface area contributed by atoms with Crippen LogP contribution in [0.4, 0.5) is 26.3 Å². The molecule has 0 rings (SSSR count). The fourth-order valence-corrected chi connectivity index (χ4v) is 0.264. The summed E-state index contributed by atoms with van der Waals surface area (Å²) < 4.78 is 68.0. The Balaban J connectivity index is 5.09. The van der Waals surface area contributed by atoms with Crippen molar-refractivity contribution in [1.29, 1.82) is 0 Å². The monoisotopic (exact) mass is 197 g/mol. The average Bonchev–Trinajstić information content (AvgIpc) is 1.81. The van der Waals surface area contributed by atoms with Crippen molar-refractivity contribution in [3.63, 3.8) is 0 Å². The van der Waals surface area contributed by atoms with Crippen molar-refractivity contribution in [2.75, 3.05) is 0 Å². The molecule has 1 N–H and O–H groups in total. The molecule has 0 aromatic heterocycles. The zero-order chi connectivity index (χ0) is 10.2. The van der Waals surface area contributed by atoms with E-state index in [-0.39, 0.29) is 0 Å². The molecule has 0 aliphatic rings. The molecule has 0 amide bonds. The summed E-state index contributed by atoms with van der Waals surface area (Å²) in [7, 11) is 0. The van der Waals surface area contributed by atoms with Crippen LogP contribution in [0.2, 0.25) is 0 Å². The van der Waals surface area contributed by atoms with Crippen LogP contribution in [-0.4, -0.2) is 23.2 Å². The maximum atomic E-state index is 11.3. The highest BCUT2D eigenvalue weighted by Crippen LogP contribution is 2.43. The second kappa shape index (κ2) is 2.57. The Morgan fingerprint density at radius 3 is 1.17 bits per heavy atom. The third-order valence-corrected chi connectivity index (χ3v) is 0.923. The summed E-state index contributed by atoms with van der Waals surface area (Å²) in [5.74, 6) is 0. The molecule has 0 aromatic carbocycles. The van der Waals surface area contributed by atoms with Gasteiger partial charge in [0.2, 0.25) is 0 Å². The quantitative estimate of drug-likeness (QED) is 0.512. The highest BCUT2D eigenvalue weighted by atomic mass is 19.4. The van der Waals surface area contributed by atoms with Crippen LogP contribution in [0.15, 0.2) is 5.18 Å². The van der Waals surface area contributed by atoms with Gasteiger partial charge in [-0.3, -0.25) is 0 Å². The predicted octanol–water partition coefficient (Wildman–Crippen LogP) is 1.57. The van der Waals surface area contributed by atoms with Crippen molar-refractivity contribution in [2.45, 2.75) is 18.1 Å². The average molecular weight is 197 g/mol. The fraction of sp³-hybridized carbons (Fsp3) is 1.00. The number of rotatable bonds is 1. The van der Waals surface area contributed by atoms with Gasteiger partial charge in [-0.1, -0.05) is 0 Å². The molecule has 0 aliphatic carbocycles. The van der Waals surface area contributed by atoms with Gasteiger partial charge in [0.15, 0.2) is 0 Å². The molecule has 0 heterocycles. The fourth-order valence-electron chi connectivity index (χ4n) is 0.264. The maximum absolute atomic E-state index is 11.3. The molecule has 0 aromatic rings. The lowest BCUT2D eigenvalue weighted by Crippen LogP contribution is -2.54. The largest absolute Gasteiger partial charge is 0.451 e. The van der Waals surface area contributed by atoms with Gasteiger partial charge in [-0.05, 0) is 5.18 Å². The van der Waals surface area contributed by atoms with E-state index in [0.29, 0.717) is 5.18 Å². The van der Waals surface area contributed by atoms with Crippen LogP contribution in [0.3, 0.4) is 0 Å². The van der Waals surface area contributed by atoms with Crippen molar-refractivity contribution in [2.24, 2.45) is 5.18 Å². The van der Waals surface area contributed by atoms with Crippen molar-refractivity contribution in [3.05, 3.63) is 4.91 Å². The molecule has 3 nitrogen and oxygen atoms in total. The van der Waals surface area contributed by atoms with Crippen LogP contribution in [0.25, 0.3) is 0 Å². The first-order valence-corrected chi connectivity index (χ1v) is 2.26. The van der Waals surface area contributed by atoms with Crippen LogP contribution in [0.1, 0.15) is 0 Å². The van der Waals surface area contributed by atoms with Gasteiger partial charge in [0.25, 0.3) is 0 Å². The molecule has 0 saturated carbocycles. The summed E-state index contributed by atoms with van der Waals surface area (Å²) in [6.07, 6.45) is -12.3. The van der Waals surface area contributed by atoms with Gasteiger partial charge in [-0.2, -0.15) is 26.3 Å². The zero-order valence-electron chi connectivity index (χ0n) is 5.07. The highest BCUT2D eigenvalue weighted by molar-refractivity contribution is 4.90. The molecule has 0 aliphatic heterocycles. The van der Waals surface area contributed by atoms with Gasteiger partial charge in [-0.15, -0.1) is 4.91 Å². The van der Waals surface area contributed by atoms with E-state index >= 15 is 0 Å². The van der Waals surface area contributed by atoms with Gasteiger partial charge in [0.1, 0.15) is 0 Å². The van der Waals surface area contributed by atoms with Gasteiger partial charge < -0.3 is 5.11 Å². The predicted molar refractivity (Wildman–Crippen MR) is 22.9 cm³/mol. The summed E-state index contributed by atoms with van der Waals surface area (Å²) in [6, 6.07) is 0.